The van der Waals surface area contributed by atoms with Gasteiger partial charge in [0, 0.05) is 42.9 Å². The summed E-state index contributed by atoms with van der Waals surface area (Å²) in [7, 11) is 0. The van der Waals surface area contributed by atoms with Crippen LogP contribution in [0.1, 0.15) is 42.1 Å². The molecule has 2 aromatic rings. The molecule has 7 heteroatoms. The molecular weight excluding hydrogens is 304 g/mol. The molecule has 3 rings (SSSR count). The number of hydrogen-bond donors (Lipinski definition) is 1. The fourth-order valence-electron chi connectivity index (χ4n) is 2.98. The van der Waals surface area contributed by atoms with Crippen LogP contribution in [0.2, 0.25) is 5.22 Å². The third-order valence-electron chi connectivity index (χ3n) is 4.26. The number of piperidine rings is 1. The third-order valence-corrected chi connectivity index (χ3v) is 4.56. The average Bonchev–Trinajstić information content (AvgIpc) is 3.16. The predicted molar refractivity (Wildman–Crippen MR) is 81.7 cm³/mol. The lowest BCUT2D eigenvalue weighted by Gasteiger charge is -2.32. The smallest absolute Gasteiger partial charge is 0.229 e. The Morgan fingerprint density at radius 1 is 1.59 bits per heavy atom. The van der Waals surface area contributed by atoms with E-state index in [-0.39, 0.29) is 5.91 Å². The summed E-state index contributed by atoms with van der Waals surface area (Å²) >= 11 is 5.94. The highest BCUT2D eigenvalue weighted by atomic mass is 35.5. The van der Waals surface area contributed by atoms with Crippen molar-refractivity contribution in [1.29, 1.82) is 0 Å². The summed E-state index contributed by atoms with van der Waals surface area (Å²) in [6, 6.07) is 1.99. The first-order chi connectivity index (χ1) is 10.6. The number of carbonyl (C=O) groups excluding carboxylic acids is 1. The van der Waals surface area contributed by atoms with Crippen molar-refractivity contribution in [1.82, 2.24) is 20.3 Å². The molecule has 1 amide bonds. The summed E-state index contributed by atoms with van der Waals surface area (Å²) < 4.78 is 4.92. The third kappa shape index (κ3) is 3.16. The molecule has 2 aromatic heterocycles. The van der Waals surface area contributed by atoms with Crippen LogP contribution in [-0.4, -0.2) is 39.3 Å². The number of aromatic amines is 1. The van der Waals surface area contributed by atoms with Crippen LogP contribution in [0.15, 0.2) is 16.8 Å². The summed E-state index contributed by atoms with van der Waals surface area (Å²) in [6.07, 6.45) is 4.85. The second-order valence-electron chi connectivity index (χ2n) is 5.71. The van der Waals surface area contributed by atoms with E-state index in [1.54, 1.807) is 6.20 Å². The number of aryl methyl sites for hydroxylation is 1. The molecule has 1 fully saturated rings. The SMILES string of the molecule is Cc1noc(Cl)c1CCC(=O)N1CCC[C@@H](c2ccn[nH]2)C1. The normalized spacial score (nSPS) is 18.6. The molecule has 0 unspecified atom stereocenters. The Kier molecular flexibility index (Phi) is 4.47. The van der Waals surface area contributed by atoms with Crippen LogP contribution in [0.4, 0.5) is 0 Å². The lowest BCUT2D eigenvalue weighted by Crippen LogP contribution is -2.39. The van der Waals surface area contributed by atoms with Gasteiger partial charge in [0.25, 0.3) is 0 Å². The van der Waals surface area contributed by atoms with Gasteiger partial charge in [0.15, 0.2) is 0 Å². The van der Waals surface area contributed by atoms with Gasteiger partial charge in [0.2, 0.25) is 11.1 Å². The van der Waals surface area contributed by atoms with Gasteiger partial charge in [-0.1, -0.05) is 5.16 Å². The van der Waals surface area contributed by atoms with Crippen LogP contribution in [0.5, 0.6) is 0 Å². The van der Waals surface area contributed by atoms with Gasteiger partial charge in [0.05, 0.1) is 5.69 Å². The van der Waals surface area contributed by atoms with E-state index < -0.39 is 0 Å². The largest absolute Gasteiger partial charge is 0.344 e. The number of nitrogens with zero attached hydrogens (tertiary/aromatic N) is 3. The molecule has 0 aromatic carbocycles. The number of hydrogen-bond acceptors (Lipinski definition) is 4. The second-order valence-corrected chi connectivity index (χ2v) is 6.05. The fraction of sp³-hybridized carbons (Fsp3) is 0.533. The molecule has 22 heavy (non-hydrogen) atoms. The van der Waals surface area contributed by atoms with Crippen LogP contribution in [-0.2, 0) is 11.2 Å². The molecule has 0 saturated carbocycles. The first-order valence-electron chi connectivity index (χ1n) is 7.53. The van der Waals surface area contributed by atoms with Crippen LogP contribution in [0.3, 0.4) is 0 Å². The van der Waals surface area contributed by atoms with Crippen LogP contribution < -0.4 is 0 Å². The van der Waals surface area contributed by atoms with Crippen LogP contribution in [0, 0.1) is 6.92 Å². The van der Waals surface area contributed by atoms with E-state index in [1.165, 1.54) is 0 Å². The molecule has 1 saturated heterocycles. The monoisotopic (exact) mass is 322 g/mol. The minimum atomic E-state index is 0.154. The molecule has 0 radical (unpaired) electrons. The summed E-state index contributed by atoms with van der Waals surface area (Å²) in [5.74, 6) is 0.502. The zero-order chi connectivity index (χ0) is 15.5. The predicted octanol–water partition coefficient (Wildman–Crippen LogP) is 2.70. The second kappa shape index (κ2) is 6.52. The fourth-order valence-corrected chi connectivity index (χ4v) is 3.25. The molecule has 3 heterocycles. The van der Waals surface area contributed by atoms with Gasteiger partial charge in [0.1, 0.15) is 0 Å². The summed E-state index contributed by atoms with van der Waals surface area (Å²) in [5.41, 5.74) is 2.69. The molecular formula is C15H19ClN4O2. The van der Waals surface area contributed by atoms with Gasteiger partial charge >= 0.3 is 0 Å². The van der Waals surface area contributed by atoms with Gasteiger partial charge in [-0.3, -0.25) is 9.89 Å². The zero-order valence-corrected chi connectivity index (χ0v) is 13.3. The number of halogens is 1. The van der Waals surface area contributed by atoms with Crippen molar-refractivity contribution in [2.75, 3.05) is 13.1 Å². The Labute approximate surface area is 133 Å². The molecule has 1 aliphatic heterocycles. The minimum absolute atomic E-state index is 0.154. The van der Waals surface area contributed by atoms with E-state index in [0.29, 0.717) is 24.0 Å². The highest BCUT2D eigenvalue weighted by molar-refractivity contribution is 6.29. The van der Waals surface area contributed by atoms with Crippen molar-refractivity contribution in [2.24, 2.45) is 0 Å². The molecule has 0 spiro atoms. The van der Waals surface area contributed by atoms with Crippen molar-refractivity contribution < 1.29 is 9.32 Å². The Morgan fingerprint density at radius 3 is 3.14 bits per heavy atom. The van der Waals surface area contributed by atoms with Crippen molar-refractivity contribution in [3.05, 3.63) is 34.4 Å². The number of likely N-dealkylation sites (tertiary alicyclic amines) is 1. The highest BCUT2D eigenvalue weighted by Gasteiger charge is 2.25. The van der Waals surface area contributed by atoms with E-state index in [1.807, 2.05) is 17.9 Å². The zero-order valence-electron chi connectivity index (χ0n) is 12.5. The number of nitrogens with one attached hydrogen (secondary N) is 1. The van der Waals surface area contributed by atoms with Crippen molar-refractivity contribution in [2.45, 2.75) is 38.5 Å². The number of rotatable bonds is 4. The quantitative estimate of drug-likeness (QED) is 0.939. The number of amides is 1. The Bertz CT molecular complexity index is 619. The van der Waals surface area contributed by atoms with Gasteiger partial charge in [-0.05, 0) is 43.9 Å². The lowest BCUT2D eigenvalue weighted by molar-refractivity contribution is -0.132. The first-order valence-corrected chi connectivity index (χ1v) is 7.90. The Hall–Kier alpha value is -1.82. The molecule has 6 nitrogen and oxygen atoms in total. The van der Waals surface area contributed by atoms with E-state index in [9.17, 15) is 4.79 Å². The van der Waals surface area contributed by atoms with Crippen molar-refractivity contribution >= 4 is 17.5 Å². The molecule has 1 atom stereocenters. The molecule has 1 aliphatic rings. The lowest BCUT2D eigenvalue weighted by atomic mass is 9.94. The summed E-state index contributed by atoms with van der Waals surface area (Å²) in [6.45, 7) is 3.40. The number of carbonyl (C=O) groups is 1. The van der Waals surface area contributed by atoms with Crippen molar-refractivity contribution in [3.63, 3.8) is 0 Å². The van der Waals surface area contributed by atoms with Gasteiger partial charge < -0.3 is 9.42 Å². The van der Waals surface area contributed by atoms with Crippen LogP contribution >= 0.6 is 11.6 Å². The maximum atomic E-state index is 12.4. The molecule has 0 aliphatic carbocycles. The summed E-state index contributed by atoms with van der Waals surface area (Å²) in [5, 5.41) is 11.1. The number of H-pyrrole nitrogens is 1. The van der Waals surface area contributed by atoms with E-state index in [0.717, 1.165) is 42.9 Å². The van der Waals surface area contributed by atoms with Crippen LogP contribution in [0.25, 0.3) is 0 Å². The maximum absolute atomic E-state index is 12.4. The molecule has 1 N–H and O–H groups in total. The molecule has 118 valence electrons. The Balaban J connectivity index is 1.58. The van der Waals surface area contributed by atoms with E-state index >= 15 is 0 Å². The minimum Gasteiger partial charge on any atom is -0.344 e. The Morgan fingerprint density at radius 2 is 2.45 bits per heavy atom. The standard InChI is InChI=1S/C15H19ClN4O2/c1-10-12(15(16)22-19-10)4-5-14(21)20-8-2-3-11(9-20)13-6-7-17-18-13/h6-7,11H,2-5,8-9H2,1H3,(H,17,18)/t11-/m1/s1. The molecule has 0 bridgehead atoms. The topological polar surface area (TPSA) is 75.0 Å². The van der Waals surface area contributed by atoms with Gasteiger partial charge in [-0.25, -0.2) is 0 Å². The average molecular weight is 323 g/mol. The van der Waals surface area contributed by atoms with E-state index in [2.05, 4.69) is 15.4 Å². The first kappa shape index (κ1) is 15.1. The van der Waals surface area contributed by atoms with Crippen molar-refractivity contribution in [3.8, 4) is 0 Å². The summed E-state index contributed by atoms with van der Waals surface area (Å²) in [4.78, 5) is 14.4. The highest BCUT2D eigenvalue weighted by Crippen LogP contribution is 2.26. The van der Waals surface area contributed by atoms with E-state index in [4.69, 9.17) is 16.1 Å². The van der Waals surface area contributed by atoms with Gasteiger partial charge in [-0.15, -0.1) is 0 Å². The van der Waals surface area contributed by atoms with Gasteiger partial charge in [-0.2, -0.15) is 5.10 Å². The number of aromatic nitrogens is 3. The maximum Gasteiger partial charge on any atom is 0.229 e.